The van der Waals surface area contributed by atoms with Crippen LogP contribution in [0.15, 0.2) is 0 Å². The van der Waals surface area contributed by atoms with Crippen LogP contribution in [0.2, 0.25) is 0 Å². The van der Waals surface area contributed by atoms with Crippen LogP contribution in [-0.4, -0.2) is 5.97 Å². The van der Waals surface area contributed by atoms with E-state index in [4.69, 9.17) is 0 Å². The number of hydrogen-bond donors (Lipinski definition) is 1. The Kier molecular flexibility index (Phi) is 8.51. The summed E-state index contributed by atoms with van der Waals surface area (Å²) in [5, 5.41) is 0. The zero-order valence-electron chi connectivity index (χ0n) is 3.10. The van der Waals surface area contributed by atoms with E-state index in [0.29, 0.717) is 0 Å². The van der Waals surface area contributed by atoms with Crippen molar-refractivity contribution >= 4 is 18.9 Å². The van der Waals surface area contributed by atoms with Crippen LogP contribution < -0.4 is 0 Å². The molecule has 6 heavy (non-hydrogen) atoms. The first-order valence-corrected chi connectivity index (χ1v) is 1.46. The number of carbonyl (C=O) groups is 1. The van der Waals surface area contributed by atoms with Gasteiger partial charge in [0.25, 0.3) is 0 Å². The summed E-state index contributed by atoms with van der Waals surface area (Å²) in [4.78, 5) is 9.51. The number of hydrogen-bond acceptors (Lipinski definition) is 3. The Morgan fingerprint density at radius 2 is 2.00 bits per heavy atom. The predicted molar refractivity (Wildman–Crippen MR) is 20.8 cm³/mol. The summed E-state index contributed by atoms with van der Waals surface area (Å²) in [6, 6.07) is 0. The molecule has 0 heterocycles. The van der Waals surface area contributed by atoms with Gasteiger partial charge in [0.15, 0.2) is 0 Å². The summed E-state index contributed by atoms with van der Waals surface area (Å²) < 4.78 is 3.81. The summed E-state index contributed by atoms with van der Waals surface area (Å²) in [6.07, 6.45) is 0. The summed E-state index contributed by atoms with van der Waals surface area (Å²) in [7, 11) is 0. The molecule has 0 rings (SSSR count). The minimum Gasteiger partial charge on any atom is -0.395 e. The molecule has 0 unspecified atom stereocenters. The Morgan fingerprint density at radius 3 is 2.00 bits per heavy atom. The van der Waals surface area contributed by atoms with Crippen molar-refractivity contribution < 1.29 is 25.8 Å². The molecule has 0 aliphatic heterocycles. The van der Waals surface area contributed by atoms with E-state index in [1.165, 1.54) is 6.92 Å². The summed E-state index contributed by atoms with van der Waals surface area (Å²) in [5.74, 6) is -0.381. The normalized spacial score (nSPS) is 5.67. The van der Waals surface area contributed by atoms with E-state index >= 15 is 0 Å². The summed E-state index contributed by atoms with van der Waals surface area (Å²) >= 11 is 3.17. The molecule has 39 valence electrons. The van der Waals surface area contributed by atoms with Gasteiger partial charge in [-0.2, -0.15) is 0 Å². The monoisotopic (exact) mass is 151 g/mol. The minimum atomic E-state index is -0.381. The van der Waals surface area contributed by atoms with Gasteiger partial charge in [0.1, 0.15) is 0 Å². The van der Waals surface area contributed by atoms with E-state index in [-0.39, 0.29) is 22.7 Å². The van der Waals surface area contributed by atoms with E-state index in [9.17, 15) is 4.79 Å². The van der Waals surface area contributed by atoms with Crippen LogP contribution in [0, 0.1) is 0 Å². The van der Waals surface area contributed by atoms with Crippen molar-refractivity contribution in [3.63, 3.8) is 0 Å². The van der Waals surface area contributed by atoms with E-state index in [1.807, 2.05) is 0 Å². The van der Waals surface area contributed by atoms with Gasteiger partial charge in [0.2, 0.25) is 0 Å². The zero-order valence-corrected chi connectivity index (χ0v) is 5.03. The molecule has 0 saturated heterocycles. The van der Waals surface area contributed by atoms with Gasteiger partial charge >= 0.3 is 5.97 Å². The number of carbonyl (C=O) groups excluding carboxylic acids is 1. The molecule has 4 heteroatoms. The van der Waals surface area contributed by atoms with Gasteiger partial charge in [-0.05, 0) is 0 Å². The van der Waals surface area contributed by atoms with Crippen molar-refractivity contribution in [1.82, 2.24) is 0 Å². The molecule has 0 aromatic rings. The molecule has 0 aliphatic rings. The first-order chi connectivity index (χ1) is 2.27. The van der Waals surface area contributed by atoms with Gasteiger partial charge in [0.05, 0.1) is 0 Å². The maximum absolute atomic E-state index is 9.51. The molecule has 0 saturated carbocycles. The standard InChI is InChI=1S/C2H4O2S.Co/c1-2(3)4-5;/h5H,1H3;. The first-order valence-electron chi connectivity index (χ1n) is 1.09. The molecule has 0 fully saturated rings. The number of thiol groups is 1. The molecule has 0 N–H and O–H groups in total. The van der Waals surface area contributed by atoms with E-state index in [0.717, 1.165) is 0 Å². The van der Waals surface area contributed by atoms with Crippen LogP contribution in [-0.2, 0) is 25.8 Å². The molecule has 0 aromatic carbocycles. The molecule has 0 amide bonds. The van der Waals surface area contributed by atoms with Gasteiger partial charge in [0, 0.05) is 36.6 Å². The summed E-state index contributed by atoms with van der Waals surface area (Å²) in [5.41, 5.74) is 0. The van der Waals surface area contributed by atoms with E-state index in [2.05, 4.69) is 17.1 Å². The van der Waals surface area contributed by atoms with E-state index in [1.54, 1.807) is 0 Å². The first kappa shape index (κ1) is 9.59. The second-order valence-corrected chi connectivity index (χ2v) is 0.765. The maximum atomic E-state index is 9.51. The van der Waals surface area contributed by atoms with Crippen LogP contribution in [0.5, 0.6) is 0 Å². The van der Waals surface area contributed by atoms with Crippen LogP contribution in [0.3, 0.4) is 0 Å². The minimum absolute atomic E-state index is 0. The molecule has 0 aromatic heterocycles. The SMILES string of the molecule is CC(=O)OS.[Co]. The molecular weight excluding hydrogens is 147 g/mol. The summed E-state index contributed by atoms with van der Waals surface area (Å²) in [6.45, 7) is 1.28. The second-order valence-electron chi connectivity index (χ2n) is 0.583. The Bertz CT molecular complexity index is 46.8. The second kappa shape index (κ2) is 5.33. The van der Waals surface area contributed by atoms with Crippen molar-refractivity contribution in [1.29, 1.82) is 0 Å². The van der Waals surface area contributed by atoms with Crippen molar-refractivity contribution in [2.24, 2.45) is 0 Å². The quantitative estimate of drug-likeness (QED) is 0.400. The van der Waals surface area contributed by atoms with Crippen molar-refractivity contribution in [2.45, 2.75) is 6.92 Å². The molecule has 2 nitrogen and oxygen atoms in total. The Hall–Kier alpha value is 0.326. The fourth-order valence-corrected chi connectivity index (χ4v) is 0. The molecular formula is C2H4CoO2S. The predicted octanol–water partition coefficient (Wildman–Crippen LogP) is 0.392. The third kappa shape index (κ3) is 8.85. The number of rotatable bonds is 0. The van der Waals surface area contributed by atoms with Crippen molar-refractivity contribution in [3.05, 3.63) is 0 Å². The van der Waals surface area contributed by atoms with Gasteiger partial charge < -0.3 is 4.18 Å². The van der Waals surface area contributed by atoms with Gasteiger partial charge in [-0.1, -0.05) is 0 Å². The van der Waals surface area contributed by atoms with Gasteiger partial charge in [-0.15, -0.1) is 0 Å². The van der Waals surface area contributed by atoms with Gasteiger partial charge in [-0.3, -0.25) is 4.79 Å². The smallest absolute Gasteiger partial charge is 0.314 e. The van der Waals surface area contributed by atoms with Crippen molar-refractivity contribution in [2.75, 3.05) is 0 Å². The Morgan fingerprint density at radius 1 is 1.83 bits per heavy atom. The third-order valence-electron chi connectivity index (χ3n) is 0.129. The van der Waals surface area contributed by atoms with Crippen LogP contribution in [0.1, 0.15) is 6.92 Å². The van der Waals surface area contributed by atoms with Crippen LogP contribution in [0.4, 0.5) is 0 Å². The molecule has 0 aliphatic carbocycles. The maximum Gasteiger partial charge on any atom is 0.314 e. The van der Waals surface area contributed by atoms with Crippen LogP contribution in [0.25, 0.3) is 0 Å². The molecule has 1 radical (unpaired) electrons. The Balaban J connectivity index is 0. The van der Waals surface area contributed by atoms with E-state index < -0.39 is 0 Å². The fraction of sp³-hybridized carbons (Fsp3) is 0.500. The Labute approximate surface area is 52.1 Å². The molecule has 0 bridgehead atoms. The average molecular weight is 151 g/mol. The van der Waals surface area contributed by atoms with Gasteiger partial charge in [-0.25, -0.2) is 0 Å². The van der Waals surface area contributed by atoms with Crippen LogP contribution >= 0.6 is 12.9 Å². The topological polar surface area (TPSA) is 26.3 Å². The average Bonchev–Trinajstić information content (AvgIpc) is 1.38. The third-order valence-corrected chi connectivity index (χ3v) is 0.386. The molecule has 0 spiro atoms. The largest absolute Gasteiger partial charge is 0.395 e. The van der Waals surface area contributed by atoms with Crippen molar-refractivity contribution in [3.8, 4) is 0 Å². The zero-order chi connectivity index (χ0) is 4.28. The molecule has 0 atom stereocenters. The fourth-order valence-electron chi connectivity index (χ4n) is 0.